The first-order valence-corrected chi connectivity index (χ1v) is 11.6. The highest BCUT2D eigenvalue weighted by Gasteiger charge is 2.16. The number of hydrazone groups is 1. The van der Waals surface area contributed by atoms with Gasteiger partial charge in [0, 0.05) is 11.3 Å². The minimum Gasteiger partial charge on any atom is -0.493 e. The molecule has 7 nitrogen and oxygen atoms in total. The number of hydrogen-bond acceptors (Lipinski definition) is 5. The predicted molar refractivity (Wildman–Crippen MR) is 137 cm³/mol. The van der Waals surface area contributed by atoms with Gasteiger partial charge in [0.15, 0.2) is 11.5 Å². The Morgan fingerprint density at radius 2 is 1.83 bits per heavy atom. The highest BCUT2D eigenvalue weighted by atomic mass is 79.9. The van der Waals surface area contributed by atoms with Crippen LogP contribution in [-0.4, -0.2) is 25.1 Å². The van der Waals surface area contributed by atoms with E-state index < -0.39 is 17.6 Å². The van der Waals surface area contributed by atoms with Gasteiger partial charge in [-0.25, -0.2) is 9.82 Å². The molecule has 0 unspecified atom stereocenters. The fourth-order valence-electron chi connectivity index (χ4n) is 2.75. The lowest BCUT2D eigenvalue weighted by Gasteiger charge is -2.14. The number of carbonyl (C=O) groups excluding carboxylic acids is 2. The summed E-state index contributed by atoms with van der Waals surface area (Å²) in [7, 11) is 1.43. The number of nitrogens with zero attached hydrogens (tertiary/aromatic N) is 1. The van der Waals surface area contributed by atoms with E-state index in [1.165, 1.54) is 43.7 Å². The molecular weight excluding hydrogens is 588 g/mol. The number of carbonyl (C=O) groups is 2. The van der Waals surface area contributed by atoms with E-state index in [-0.39, 0.29) is 22.2 Å². The van der Waals surface area contributed by atoms with Gasteiger partial charge in [-0.05, 0) is 64.0 Å². The summed E-state index contributed by atoms with van der Waals surface area (Å²) in [5.41, 5.74) is 3.13. The van der Waals surface area contributed by atoms with Crippen LogP contribution < -0.4 is 20.2 Å². The molecular formula is C23H16BrCl3FN3O4. The van der Waals surface area contributed by atoms with Gasteiger partial charge in [-0.1, -0.05) is 40.9 Å². The fourth-order valence-corrected chi connectivity index (χ4v) is 3.84. The van der Waals surface area contributed by atoms with Crippen LogP contribution in [0.25, 0.3) is 0 Å². The number of methoxy groups -OCH3 is 1. The van der Waals surface area contributed by atoms with Crippen LogP contribution in [0.15, 0.2) is 58.1 Å². The molecule has 0 saturated heterocycles. The summed E-state index contributed by atoms with van der Waals surface area (Å²) >= 11 is 21.1. The maximum Gasteiger partial charge on any atom is 0.329 e. The Hall–Kier alpha value is -2.85. The summed E-state index contributed by atoms with van der Waals surface area (Å²) in [6.45, 7) is -0.127. The molecule has 0 radical (unpaired) electrons. The van der Waals surface area contributed by atoms with E-state index in [2.05, 4.69) is 31.8 Å². The molecule has 182 valence electrons. The molecule has 3 aromatic rings. The van der Waals surface area contributed by atoms with Crippen molar-refractivity contribution in [1.82, 2.24) is 5.43 Å². The topological polar surface area (TPSA) is 89.0 Å². The molecule has 3 aromatic carbocycles. The van der Waals surface area contributed by atoms with Crippen LogP contribution in [-0.2, 0) is 16.2 Å². The third kappa shape index (κ3) is 7.08. The minimum atomic E-state index is -1.000. The number of ether oxygens (including phenoxy) is 2. The second kappa shape index (κ2) is 12.2. The molecule has 0 aliphatic carbocycles. The normalized spacial score (nSPS) is 10.8. The van der Waals surface area contributed by atoms with Crippen molar-refractivity contribution < 1.29 is 23.5 Å². The lowest BCUT2D eigenvalue weighted by molar-refractivity contribution is -0.136. The molecule has 0 saturated carbocycles. The highest BCUT2D eigenvalue weighted by molar-refractivity contribution is 9.10. The molecule has 0 aliphatic heterocycles. The Morgan fingerprint density at radius 1 is 1.06 bits per heavy atom. The second-order valence-electron chi connectivity index (χ2n) is 6.81. The molecule has 35 heavy (non-hydrogen) atoms. The van der Waals surface area contributed by atoms with Gasteiger partial charge >= 0.3 is 11.8 Å². The Balaban J connectivity index is 1.65. The van der Waals surface area contributed by atoms with Gasteiger partial charge in [-0.3, -0.25) is 9.59 Å². The van der Waals surface area contributed by atoms with Crippen molar-refractivity contribution >= 4 is 74.4 Å². The van der Waals surface area contributed by atoms with Crippen LogP contribution in [0.3, 0.4) is 0 Å². The molecule has 0 heterocycles. The zero-order valence-electron chi connectivity index (χ0n) is 17.9. The van der Waals surface area contributed by atoms with Gasteiger partial charge in [0.05, 0.1) is 32.9 Å². The molecule has 0 atom stereocenters. The molecule has 12 heteroatoms. The van der Waals surface area contributed by atoms with Gasteiger partial charge in [-0.15, -0.1) is 0 Å². The second-order valence-corrected chi connectivity index (χ2v) is 8.88. The fraction of sp³-hybridized carbons (Fsp3) is 0.0870. The molecule has 0 bridgehead atoms. The quantitative estimate of drug-likeness (QED) is 0.191. The number of benzene rings is 3. The number of anilines is 1. The smallest absolute Gasteiger partial charge is 0.329 e. The SMILES string of the molecule is COc1cc(/C=N/NC(=O)C(=O)Nc2ccc(Cl)c(Cl)c2)cc(Br)c1OCc1c(F)cccc1Cl. The van der Waals surface area contributed by atoms with Crippen molar-refractivity contribution in [1.29, 1.82) is 0 Å². The Morgan fingerprint density at radius 3 is 2.51 bits per heavy atom. The summed E-state index contributed by atoms with van der Waals surface area (Å²) in [4.78, 5) is 24.1. The van der Waals surface area contributed by atoms with E-state index >= 15 is 0 Å². The van der Waals surface area contributed by atoms with Gasteiger partial charge < -0.3 is 14.8 Å². The summed E-state index contributed by atoms with van der Waals surface area (Å²) in [5.74, 6) is -1.81. The van der Waals surface area contributed by atoms with Crippen molar-refractivity contribution in [2.75, 3.05) is 12.4 Å². The number of hydrogen-bond donors (Lipinski definition) is 2. The molecule has 3 rings (SSSR count). The van der Waals surface area contributed by atoms with Gasteiger partial charge in [0.25, 0.3) is 0 Å². The first-order valence-electron chi connectivity index (χ1n) is 9.72. The number of rotatable bonds is 7. The minimum absolute atomic E-state index is 0.127. The van der Waals surface area contributed by atoms with E-state index in [4.69, 9.17) is 44.3 Å². The zero-order valence-corrected chi connectivity index (χ0v) is 21.7. The molecule has 2 N–H and O–H groups in total. The van der Waals surface area contributed by atoms with Gasteiger partial charge in [0.2, 0.25) is 0 Å². The average Bonchev–Trinajstić information content (AvgIpc) is 2.81. The molecule has 0 aromatic heterocycles. The van der Waals surface area contributed by atoms with E-state index in [1.807, 2.05) is 0 Å². The third-order valence-electron chi connectivity index (χ3n) is 4.44. The number of nitrogens with one attached hydrogen (secondary N) is 2. The first-order chi connectivity index (χ1) is 16.7. The van der Waals surface area contributed by atoms with Crippen LogP contribution >= 0.6 is 50.7 Å². The number of halogens is 5. The van der Waals surface area contributed by atoms with Crippen molar-refractivity contribution in [3.8, 4) is 11.5 Å². The van der Waals surface area contributed by atoms with Crippen molar-refractivity contribution in [2.24, 2.45) is 5.10 Å². The summed E-state index contributed by atoms with van der Waals surface area (Å²) in [6, 6.07) is 12.0. The third-order valence-corrected chi connectivity index (χ3v) is 6.12. The highest BCUT2D eigenvalue weighted by Crippen LogP contribution is 2.37. The first kappa shape index (κ1) is 26.7. The number of amides is 2. The van der Waals surface area contributed by atoms with Crippen LogP contribution in [0.5, 0.6) is 11.5 Å². The van der Waals surface area contributed by atoms with Crippen LogP contribution in [0.4, 0.5) is 10.1 Å². The van der Waals surface area contributed by atoms with E-state index in [0.717, 1.165) is 0 Å². The molecule has 0 aliphatic rings. The van der Waals surface area contributed by atoms with Gasteiger partial charge in [-0.2, -0.15) is 5.10 Å². The van der Waals surface area contributed by atoms with E-state index in [9.17, 15) is 14.0 Å². The maximum atomic E-state index is 14.0. The average molecular weight is 604 g/mol. The molecule has 0 spiro atoms. The summed E-state index contributed by atoms with van der Waals surface area (Å²) < 4.78 is 25.6. The molecule has 2 amide bonds. The summed E-state index contributed by atoms with van der Waals surface area (Å²) in [5, 5.41) is 6.94. The monoisotopic (exact) mass is 601 g/mol. The van der Waals surface area contributed by atoms with Crippen LogP contribution in [0, 0.1) is 5.82 Å². The lowest BCUT2D eigenvalue weighted by Crippen LogP contribution is -2.32. The lowest BCUT2D eigenvalue weighted by atomic mass is 10.2. The molecule has 0 fully saturated rings. The standard InChI is InChI=1S/C23H16BrCl3FN3O4/c1-34-20-8-12(7-15(24)21(20)35-11-14-16(25)3-2-4-19(14)28)10-29-31-23(33)22(32)30-13-5-6-17(26)18(27)9-13/h2-10H,11H2,1H3,(H,30,32)(H,31,33)/b29-10+. The van der Waals surface area contributed by atoms with E-state index in [1.54, 1.807) is 18.2 Å². The predicted octanol–water partition coefficient (Wildman–Crippen LogP) is 6.22. The summed E-state index contributed by atoms with van der Waals surface area (Å²) in [6.07, 6.45) is 1.30. The largest absolute Gasteiger partial charge is 0.493 e. The van der Waals surface area contributed by atoms with Crippen molar-refractivity contribution in [2.45, 2.75) is 6.61 Å². The Kier molecular flexibility index (Phi) is 9.33. The van der Waals surface area contributed by atoms with E-state index in [0.29, 0.717) is 32.2 Å². The van der Waals surface area contributed by atoms with Crippen molar-refractivity contribution in [3.63, 3.8) is 0 Å². The Labute approximate surface area is 223 Å². The van der Waals surface area contributed by atoms with Crippen LogP contribution in [0.2, 0.25) is 15.1 Å². The Bertz CT molecular complexity index is 1290. The zero-order chi connectivity index (χ0) is 25.5. The van der Waals surface area contributed by atoms with Gasteiger partial charge in [0.1, 0.15) is 12.4 Å². The van der Waals surface area contributed by atoms with Crippen molar-refractivity contribution in [3.05, 3.63) is 85.0 Å². The van der Waals surface area contributed by atoms with Crippen LogP contribution in [0.1, 0.15) is 11.1 Å². The maximum absolute atomic E-state index is 14.0.